The van der Waals surface area contributed by atoms with Crippen molar-refractivity contribution in [3.63, 3.8) is 0 Å². The molecule has 4 nitrogen and oxygen atoms in total. The number of rotatable bonds is 2. The van der Waals surface area contributed by atoms with E-state index in [1.165, 1.54) is 0 Å². The molecule has 1 saturated heterocycles. The first kappa shape index (κ1) is 15.8. The highest BCUT2D eigenvalue weighted by Gasteiger charge is 2.31. The van der Waals surface area contributed by atoms with Gasteiger partial charge in [0.05, 0.1) is 6.10 Å². The lowest BCUT2D eigenvalue weighted by atomic mass is 9.86. The Hall–Kier alpha value is -1.10. The quantitative estimate of drug-likeness (QED) is 0.879. The molecule has 22 heavy (non-hydrogen) atoms. The monoisotopic (exact) mass is 322 g/mol. The standard InChI is InChI=1S/C17H23ClN2O2/c18-14-3-1-2-13(10-14)16-11-20(9-8-19-16)17(22)12-4-6-15(21)7-5-12/h1-3,10,12,15-16,19,21H,4-9,11H2. The summed E-state index contributed by atoms with van der Waals surface area (Å²) >= 11 is 6.07. The van der Waals surface area contributed by atoms with Crippen molar-refractivity contribution in [2.24, 2.45) is 5.92 Å². The number of halogens is 1. The van der Waals surface area contributed by atoms with Crippen molar-refractivity contribution >= 4 is 17.5 Å². The number of amides is 1. The largest absolute Gasteiger partial charge is 0.393 e. The van der Waals surface area contributed by atoms with Crippen molar-refractivity contribution in [3.8, 4) is 0 Å². The molecule has 0 bridgehead atoms. The van der Waals surface area contributed by atoms with Gasteiger partial charge in [-0.2, -0.15) is 0 Å². The van der Waals surface area contributed by atoms with E-state index in [4.69, 9.17) is 11.6 Å². The maximum Gasteiger partial charge on any atom is 0.225 e. The smallest absolute Gasteiger partial charge is 0.225 e. The number of carbonyl (C=O) groups is 1. The molecule has 2 aliphatic rings. The molecule has 1 aliphatic carbocycles. The van der Waals surface area contributed by atoms with E-state index in [2.05, 4.69) is 11.4 Å². The van der Waals surface area contributed by atoms with Crippen LogP contribution in [0.25, 0.3) is 0 Å². The van der Waals surface area contributed by atoms with Crippen LogP contribution in [0.15, 0.2) is 24.3 Å². The molecule has 1 saturated carbocycles. The minimum Gasteiger partial charge on any atom is -0.393 e. The second-order valence-corrected chi connectivity index (χ2v) is 6.79. The fourth-order valence-electron chi connectivity index (χ4n) is 3.48. The molecule has 1 aromatic rings. The molecule has 1 atom stereocenters. The average molecular weight is 323 g/mol. The van der Waals surface area contributed by atoms with E-state index >= 15 is 0 Å². The van der Waals surface area contributed by atoms with Crippen LogP contribution in [0, 0.1) is 5.92 Å². The summed E-state index contributed by atoms with van der Waals surface area (Å²) < 4.78 is 0. The van der Waals surface area contributed by atoms with Crippen LogP contribution in [0.2, 0.25) is 5.02 Å². The summed E-state index contributed by atoms with van der Waals surface area (Å²) in [5.74, 6) is 0.335. The lowest BCUT2D eigenvalue weighted by molar-refractivity contribution is -0.138. The van der Waals surface area contributed by atoms with Gasteiger partial charge in [0.25, 0.3) is 0 Å². The molecule has 2 fully saturated rings. The van der Waals surface area contributed by atoms with Gasteiger partial charge >= 0.3 is 0 Å². The molecule has 0 radical (unpaired) electrons. The molecule has 120 valence electrons. The predicted octanol–water partition coefficient (Wildman–Crippen LogP) is 2.36. The Labute approximate surface area is 136 Å². The Kier molecular flexibility index (Phi) is 5.01. The van der Waals surface area contributed by atoms with E-state index in [0.717, 1.165) is 49.4 Å². The van der Waals surface area contributed by atoms with Gasteiger partial charge in [0.15, 0.2) is 0 Å². The Morgan fingerprint density at radius 3 is 2.77 bits per heavy atom. The minimum atomic E-state index is -0.216. The first-order valence-electron chi connectivity index (χ1n) is 8.09. The zero-order chi connectivity index (χ0) is 15.5. The van der Waals surface area contributed by atoms with Gasteiger partial charge in [0.2, 0.25) is 5.91 Å². The number of nitrogens with one attached hydrogen (secondary N) is 1. The lowest BCUT2D eigenvalue weighted by Gasteiger charge is -2.37. The number of benzene rings is 1. The van der Waals surface area contributed by atoms with Gasteiger partial charge in [0, 0.05) is 36.6 Å². The summed E-state index contributed by atoms with van der Waals surface area (Å²) in [7, 11) is 0. The Morgan fingerprint density at radius 2 is 2.05 bits per heavy atom. The number of piperazine rings is 1. The van der Waals surface area contributed by atoms with E-state index in [-0.39, 0.29) is 24.0 Å². The summed E-state index contributed by atoms with van der Waals surface area (Å²) in [5.41, 5.74) is 1.13. The van der Waals surface area contributed by atoms with Crippen molar-refractivity contribution in [2.45, 2.75) is 37.8 Å². The van der Waals surface area contributed by atoms with Crippen LogP contribution in [-0.4, -0.2) is 41.7 Å². The highest BCUT2D eigenvalue weighted by molar-refractivity contribution is 6.30. The Balaban J connectivity index is 1.64. The van der Waals surface area contributed by atoms with Crippen molar-refractivity contribution in [2.75, 3.05) is 19.6 Å². The molecule has 3 rings (SSSR count). The number of aliphatic hydroxyl groups excluding tert-OH is 1. The molecule has 1 aliphatic heterocycles. The normalized spacial score (nSPS) is 29.4. The second-order valence-electron chi connectivity index (χ2n) is 6.35. The Bertz CT molecular complexity index is 529. The van der Waals surface area contributed by atoms with Crippen molar-refractivity contribution in [1.29, 1.82) is 0 Å². The third kappa shape index (κ3) is 3.62. The maximum atomic E-state index is 12.7. The van der Waals surface area contributed by atoms with Gasteiger partial charge < -0.3 is 15.3 Å². The maximum absolute atomic E-state index is 12.7. The molecule has 5 heteroatoms. The molecule has 2 N–H and O–H groups in total. The summed E-state index contributed by atoms with van der Waals surface area (Å²) in [5, 5.41) is 13.8. The van der Waals surface area contributed by atoms with Crippen molar-refractivity contribution in [1.82, 2.24) is 10.2 Å². The molecular formula is C17H23ClN2O2. The van der Waals surface area contributed by atoms with E-state index < -0.39 is 0 Å². The fraction of sp³-hybridized carbons (Fsp3) is 0.588. The van der Waals surface area contributed by atoms with E-state index in [1.54, 1.807) is 0 Å². The molecule has 1 heterocycles. The molecular weight excluding hydrogens is 300 g/mol. The van der Waals surface area contributed by atoms with Crippen LogP contribution in [-0.2, 0) is 4.79 Å². The zero-order valence-electron chi connectivity index (χ0n) is 12.7. The molecule has 1 unspecified atom stereocenters. The molecule has 0 spiro atoms. The third-order valence-electron chi connectivity index (χ3n) is 4.78. The predicted molar refractivity (Wildman–Crippen MR) is 86.7 cm³/mol. The van der Waals surface area contributed by atoms with Crippen molar-refractivity contribution in [3.05, 3.63) is 34.9 Å². The fourth-order valence-corrected chi connectivity index (χ4v) is 3.68. The van der Waals surface area contributed by atoms with Crippen LogP contribution in [0.4, 0.5) is 0 Å². The molecule has 1 aromatic carbocycles. The van der Waals surface area contributed by atoms with Crippen molar-refractivity contribution < 1.29 is 9.90 Å². The van der Waals surface area contributed by atoms with Crippen LogP contribution < -0.4 is 5.32 Å². The van der Waals surface area contributed by atoms with Gasteiger partial charge in [-0.3, -0.25) is 4.79 Å². The van der Waals surface area contributed by atoms with Crippen LogP contribution in [0.5, 0.6) is 0 Å². The molecule has 1 amide bonds. The SMILES string of the molecule is O=C(C1CCC(O)CC1)N1CCNC(c2cccc(Cl)c2)C1. The van der Waals surface area contributed by atoms with Gasteiger partial charge in [-0.15, -0.1) is 0 Å². The van der Waals surface area contributed by atoms with Gasteiger partial charge in [0.1, 0.15) is 0 Å². The number of hydrogen-bond acceptors (Lipinski definition) is 3. The summed E-state index contributed by atoms with van der Waals surface area (Å²) in [6.45, 7) is 2.26. The number of nitrogens with zero attached hydrogens (tertiary/aromatic N) is 1. The third-order valence-corrected chi connectivity index (χ3v) is 5.02. The summed E-state index contributed by atoms with van der Waals surface area (Å²) in [6.07, 6.45) is 2.91. The highest BCUT2D eigenvalue weighted by atomic mass is 35.5. The average Bonchev–Trinajstić information content (AvgIpc) is 2.55. The number of aliphatic hydroxyl groups is 1. The Morgan fingerprint density at radius 1 is 1.27 bits per heavy atom. The highest BCUT2D eigenvalue weighted by Crippen LogP contribution is 2.28. The number of hydrogen-bond donors (Lipinski definition) is 2. The zero-order valence-corrected chi connectivity index (χ0v) is 13.4. The van der Waals surface area contributed by atoms with Crippen LogP contribution >= 0.6 is 11.6 Å². The van der Waals surface area contributed by atoms with Gasteiger partial charge in [-0.1, -0.05) is 23.7 Å². The lowest BCUT2D eigenvalue weighted by Crippen LogP contribution is -2.50. The summed E-state index contributed by atoms with van der Waals surface area (Å²) in [6, 6.07) is 7.97. The topological polar surface area (TPSA) is 52.6 Å². The van der Waals surface area contributed by atoms with E-state index in [1.807, 2.05) is 23.1 Å². The first-order valence-corrected chi connectivity index (χ1v) is 8.47. The second kappa shape index (κ2) is 6.99. The van der Waals surface area contributed by atoms with Crippen LogP contribution in [0.1, 0.15) is 37.3 Å². The minimum absolute atomic E-state index is 0.0847. The van der Waals surface area contributed by atoms with Gasteiger partial charge in [-0.25, -0.2) is 0 Å². The van der Waals surface area contributed by atoms with Crippen LogP contribution in [0.3, 0.4) is 0 Å². The number of carbonyl (C=O) groups excluding carboxylic acids is 1. The van der Waals surface area contributed by atoms with E-state index in [0.29, 0.717) is 6.54 Å². The first-order chi connectivity index (χ1) is 10.6. The van der Waals surface area contributed by atoms with E-state index in [9.17, 15) is 9.90 Å². The molecule has 0 aromatic heterocycles. The van der Waals surface area contributed by atoms with Gasteiger partial charge in [-0.05, 0) is 43.4 Å². The summed E-state index contributed by atoms with van der Waals surface area (Å²) in [4.78, 5) is 14.7.